The van der Waals surface area contributed by atoms with Gasteiger partial charge in [-0.25, -0.2) is 4.79 Å². The number of fused-ring (bicyclic) bond motifs is 3. The number of urea groups is 1. The molecule has 1 aromatic heterocycles. The average Bonchev–Trinajstić information content (AvgIpc) is 2.91. The summed E-state index contributed by atoms with van der Waals surface area (Å²) in [6, 6.07) is 13.6. The van der Waals surface area contributed by atoms with Gasteiger partial charge in [0.25, 0.3) is 0 Å². The number of nitrogens with one attached hydrogen (secondary N) is 2. The lowest BCUT2D eigenvalue weighted by Crippen LogP contribution is -2.47. The number of carbonyl (C=O) groups is 1. The molecule has 0 spiro atoms. The number of aromatic amines is 1. The fourth-order valence-electron chi connectivity index (χ4n) is 3.87. The van der Waals surface area contributed by atoms with E-state index in [2.05, 4.69) is 10.3 Å². The maximum Gasteiger partial charge on any atom is 0.414 e. The van der Waals surface area contributed by atoms with Gasteiger partial charge < -0.3 is 15.2 Å². The fraction of sp³-hybridized carbons (Fsp3) is 0.286. The van der Waals surface area contributed by atoms with Crippen LogP contribution in [0.2, 0.25) is 0 Å². The minimum atomic E-state index is -4.58. The van der Waals surface area contributed by atoms with Gasteiger partial charge in [-0.2, -0.15) is 13.2 Å². The molecule has 2 heterocycles. The number of amides is 2. The largest absolute Gasteiger partial charge is 0.414 e. The van der Waals surface area contributed by atoms with Crippen molar-refractivity contribution in [2.45, 2.75) is 31.6 Å². The summed E-state index contributed by atoms with van der Waals surface area (Å²) in [5.41, 5.74) is 2.21. The number of hydrogen-bond donors (Lipinski definition) is 2. The van der Waals surface area contributed by atoms with Crippen molar-refractivity contribution in [2.24, 2.45) is 0 Å². The Balaban J connectivity index is 1.67. The minimum absolute atomic E-state index is 0.0433. The molecule has 28 heavy (non-hydrogen) atoms. The molecule has 0 saturated carbocycles. The van der Waals surface area contributed by atoms with Crippen LogP contribution in [0.3, 0.4) is 0 Å². The van der Waals surface area contributed by atoms with E-state index in [-0.39, 0.29) is 18.8 Å². The maximum atomic E-state index is 14.1. The highest BCUT2D eigenvalue weighted by molar-refractivity contribution is 5.85. The standard InChI is InChI=1S/C21H20F3N3O/c22-21(23,24)19-18-16(15-9-4-5-11-17(15)26-18)10-6-12-27(19)20(28)25-13-14-7-2-1-3-8-14/h1-5,7-9,11,19,26H,6,10,12-13H2,(H,25,28). The van der Waals surface area contributed by atoms with Gasteiger partial charge in [-0.1, -0.05) is 48.5 Å². The molecule has 4 nitrogen and oxygen atoms in total. The van der Waals surface area contributed by atoms with Gasteiger partial charge in [-0.3, -0.25) is 0 Å². The van der Waals surface area contributed by atoms with Crippen molar-refractivity contribution < 1.29 is 18.0 Å². The van der Waals surface area contributed by atoms with Crippen molar-refractivity contribution in [1.29, 1.82) is 0 Å². The molecule has 0 bridgehead atoms. The third-order valence-corrected chi connectivity index (χ3v) is 5.12. The van der Waals surface area contributed by atoms with Crippen LogP contribution in [0.4, 0.5) is 18.0 Å². The van der Waals surface area contributed by atoms with Crippen molar-refractivity contribution in [3.8, 4) is 0 Å². The number of benzene rings is 2. The Labute approximate surface area is 160 Å². The monoisotopic (exact) mass is 387 g/mol. The Bertz CT molecular complexity index is 981. The quantitative estimate of drug-likeness (QED) is 0.644. The first-order chi connectivity index (χ1) is 13.4. The second-order valence-corrected chi connectivity index (χ2v) is 6.95. The fourth-order valence-corrected chi connectivity index (χ4v) is 3.87. The van der Waals surface area contributed by atoms with E-state index in [9.17, 15) is 18.0 Å². The molecular weight excluding hydrogens is 367 g/mol. The van der Waals surface area contributed by atoms with Crippen LogP contribution in [0, 0.1) is 0 Å². The van der Waals surface area contributed by atoms with E-state index in [1.165, 1.54) is 0 Å². The maximum absolute atomic E-state index is 14.1. The Morgan fingerprint density at radius 1 is 1.11 bits per heavy atom. The van der Waals surface area contributed by atoms with Gasteiger partial charge in [0.15, 0.2) is 6.04 Å². The van der Waals surface area contributed by atoms with Crippen molar-refractivity contribution in [2.75, 3.05) is 6.54 Å². The first-order valence-electron chi connectivity index (χ1n) is 9.20. The van der Waals surface area contributed by atoms with Crippen LogP contribution >= 0.6 is 0 Å². The lowest BCUT2D eigenvalue weighted by atomic mass is 10.0. The highest BCUT2D eigenvalue weighted by atomic mass is 19.4. The van der Waals surface area contributed by atoms with Crippen molar-refractivity contribution >= 4 is 16.9 Å². The van der Waals surface area contributed by atoms with E-state index in [0.29, 0.717) is 23.9 Å². The van der Waals surface area contributed by atoms with E-state index in [0.717, 1.165) is 15.8 Å². The number of H-pyrrole nitrogens is 1. The van der Waals surface area contributed by atoms with Gasteiger partial charge in [-0.05, 0) is 30.0 Å². The van der Waals surface area contributed by atoms with Crippen molar-refractivity contribution in [3.63, 3.8) is 0 Å². The van der Waals surface area contributed by atoms with Gasteiger partial charge in [0.2, 0.25) is 0 Å². The van der Waals surface area contributed by atoms with Crippen LogP contribution in [-0.4, -0.2) is 28.6 Å². The number of halogens is 3. The summed E-state index contributed by atoms with van der Waals surface area (Å²) in [4.78, 5) is 16.5. The van der Waals surface area contributed by atoms with E-state index in [4.69, 9.17) is 0 Å². The second-order valence-electron chi connectivity index (χ2n) is 6.95. The number of alkyl halides is 3. The third kappa shape index (κ3) is 3.44. The number of nitrogens with zero attached hydrogens (tertiary/aromatic N) is 1. The van der Waals surface area contributed by atoms with Gasteiger partial charge in [0.1, 0.15) is 0 Å². The van der Waals surface area contributed by atoms with Crippen LogP contribution in [0.15, 0.2) is 54.6 Å². The summed E-state index contributed by atoms with van der Waals surface area (Å²) >= 11 is 0. The molecular formula is C21H20F3N3O. The summed E-state index contributed by atoms with van der Waals surface area (Å²) in [5.74, 6) is 0. The number of aromatic nitrogens is 1. The molecule has 3 aromatic rings. The van der Waals surface area contributed by atoms with Crippen LogP contribution in [-0.2, 0) is 13.0 Å². The Hall–Kier alpha value is -2.96. The van der Waals surface area contributed by atoms with Gasteiger partial charge in [0.05, 0.1) is 5.69 Å². The van der Waals surface area contributed by atoms with E-state index in [1.807, 2.05) is 42.5 Å². The predicted octanol–water partition coefficient (Wildman–Crippen LogP) is 4.93. The first kappa shape index (κ1) is 18.4. The molecule has 0 fully saturated rings. The van der Waals surface area contributed by atoms with Crippen LogP contribution < -0.4 is 5.32 Å². The molecule has 1 atom stereocenters. The lowest BCUT2D eigenvalue weighted by Gasteiger charge is -2.31. The van der Waals surface area contributed by atoms with Gasteiger partial charge in [-0.15, -0.1) is 0 Å². The Morgan fingerprint density at radius 2 is 1.82 bits per heavy atom. The summed E-state index contributed by atoms with van der Waals surface area (Å²) in [7, 11) is 0. The number of para-hydroxylation sites is 1. The van der Waals surface area contributed by atoms with Crippen LogP contribution in [0.25, 0.3) is 10.9 Å². The Morgan fingerprint density at radius 3 is 2.57 bits per heavy atom. The topological polar surface area (TPSA) is 48.1 Å². The Kier molecular flexibility index (Phi) is 4.75. The van der Waals surface area contributed by atoms with Crippen LogP contribution in [0.1, 0.15) is 29.3 Å². The zero-order valence-corrected chi connectivity index (χ0v) is 15.1. The van der Waals surface area contributed by atoms with E-state index >= 15 is 0 Å². The molecule has 2 N–H and O–H groups in total. The molecule has 2 aromatic carbocycles. The predicted molar refractivity (Wildman–Crippen MR) is 101 cm³/mol. The van der Waals surface area contributed by atoms with Crippen molar-refractivity contribution in [3.05, 3.63) is 71.4 Å². The smallest absolute Gasteiger partial charge is 0.356 e. The number of hydrogen-bond acceptors (Lipinski definition) is 1. The number of carbonyl (C=O) groups excluding carboxylic acids is 1. The van der Waals surface area contributed by atoms with E-state index in [1.54, 1.807) is 12.1 Å². The number of rotatable bonds is 2. The average molecular weight is 387 g/mol. The minimum Gasteiger partial charge on any atom is -0.356 e. The normalized spacial score (nSPS) is 17.2. The van der Waals surface area contributed by atoms with Crippen LogP contribution in [0.5, 0.6) is 0 Å². The summed E-state index contributed by atoms with van der Waals surface area (Å²) in [5, 5.41) is 3.43. The second kappa shape index (κ2) is 7.22. The first-order valence-corrected chi connectivity index (χ1v) is 9.20. The lowest BCUT2D eigenvalue weighted by molar-refractivity contribution is -0.179. The molecule has 1 unspecified atom stereocenters. The number of aryl methyl sites for hydroxylation is 1. The highest BCUT2D eigenvalue weighted by Crippen LogP contribution is 2.42. The zero-order chi connectivity index (χ0) is 19.7. The molecule has 1 aliphatic rings. The SMILES string of the molecule is O=C(NCc1ccccc1)N1CCCc2c([nH]c3ccccc23)C1C(F)(F)F. The van der Waals surface area contributed by atoms with E-state index < -0.39 is 18.2 Å². The summed E-state index contributed by atoms with van der Waals surface area (Å²) < 4.78 is 42.2. The molecule has 2 amide bonds. The summed E-state index contributed by atoms with van der Waals surface area (Å²) in [6.45, 7) is 0.224. The van der Waals surface area contributed by atoms with Crippen molar-refractivity contribution in [1.82, 2.24) is 15.2 Å². The molecule has 7 heteroatoms. The molecule has 146 valence electrons. The highest BCUT2D eigenvalue weighted by Gasteiger charge is 2.49. The molecule has 0 radical (unpaired) electrons. The van der Waals surface area contributed by atoms with Gasteiger partial charge in [0, 0.05) is 24.0 Å². The molecule has 0 saturated heterocycles. The summed E-state index contributed by atoms with van der Waals surface area (Å²) in [6.07, 6.45) is -3.61. The van der Waals surface area contributed by atoms with Gasteiger partial charge >= 0.3 is 12.2 Å². The molecule has 4 rings (SSSR count). The zero-order valence-electron chi connectivity index (χ0n) is 15.1. The third-order valence-electron chi connectivity index (χ3n) is 5.12. The molecule has 1 aliphatic heterocycles. The molecule has 0 aliphatic carbocycles.